The van der Waals surface area contributed by atoms with Gasteiger partial charge in [0, 0.05) is 26.0 Å². The lowest BCUT2D eigenvalue weighted by molar-refractivity contribution is -0.111. The van der Waals surface area contributed by atoms with Crippen molar-refractivity contribution in [2.45, 2.75) is 19.8 Å². The maximum absolute atomic E-state index is 11.5. The van der Waals surface area contributed by atoms with Crippen molar-refractivity contribution in [2.24, 2.45) is 0 Å². The van der Waals surface area contributed by atoms with Gasteiger partial charge in [0.2, 0.25) is 0 Å². The summed E-state index contributed by atoms with van der Waals surface area (Å²) in [5.41, 5.74) is 0.862. The lowest BCUT2D eigenvalue weighted by atomic mass is 10.3. The molecule has 1 rings (SSSR count). The standard InChI is InChI=1S/C10H15NO3/c1-8-5-4-6-9(12)11(8)7-10(13-2)14-3/h4-6,10H,7H2,1-3H3. The zero-order chi connectivity index (χ0) is 10.6. The first-order chi connectivity index (χ1) is 6.69. The maximum atomic E-state index is 11.5. The van der Waals surface area contributed by atoms with Crippen LogP contribution in [0, 0.1) is 6.92 Å². The summed E-state index contributed by atoms with van der Waals surface area (Å²) in [5, 5.41) is 0. The van der Waals surface area contributed by atoms with E-state index in [-0.39, 0.29) is 11.8 Å². The smallest absolute Gasteiger partial charge is 0.250 e. The number of nitrogens with zero attached hydrogens (tertiary/aromatic N) is 1. The molecule has 0 aromatic carbocycles. The van der Waals surface area contributed by atoms with E-state index in [2.05, 4.69) is 0 Å². The number of pyridine rings is 1. The Morgan fingerprint density at radius 2 is 2.00 bits per heavy atom. The zero-order valence-corrected chi connectivity index (χ0v) is 8.69. The van der Waals surface area contributed by atoms with Gasteiger partial charge in [-0.15, -0.1) is 0 Å². The van der Waals surface area contributed by atoms with Gasteiger partial charge in [0.15, 0.2) is 6.29 Å². The van der Waals surface area contributed by atoms with Crippen molar-refractivity contribution >= 4 is 0 Å². The number of aryl methyl sites for hydroxylation is 1. The van der Waals surface area contributed by atoms with Gasteiger partial charge in [-0.2, -0.15) is 0 Å². The van der Waals surface area contributed by atoms with Gasteiger partial charge in [-0.1, -0.05) is 6.07 Å². The number of hydrogen-bond acceptors (Lipinski definition) is 3. The Morgan fingerprint density at radius 1 is 1.36 bits per heavy atom. The quantitative estimate of drug-likeness (QED) is 0.669. The second-order valence-electron chi connectivity index (χ2n) is 3.02. The summed E-state index contributed by atoms with van der Waals surface area (Å²) in [6, 6.07) is 5.14. The molecule has 0 aliphatic heterocycles. The minimum atomic E-state index is -0.381. The second-order valence-corrected chi connectivity index (χ2v) is 3.02. The molecule has 0 spiro atoms. The molecule has 1 aromatic rings. The Morgan fingerprint density at radius 3 is 2.50 bits per heavy atom. The van der Waals surface area contributed by atoms with E-state index in [1.165, 1.54) is 6.07 Å². The molecule has 0 radical (unpaired) electrons. The molecule has 78 valence electrons. The van der Waals surface area contributed by atoms with E-state index in [9.17, 15) is 4.79 Å². The summed E-state index contributed by atoms with van der Waals surface area (Å²) in [6.07, 6.45) is -0.381. The molecule has 4 heteroatoms. The summed E-state index contributed by atoms with van der Waals surface area (Å²) >= 11 is 0. The molecule has 1 heterocycles. The van der Waals surface area contributed by atoms with Gasteiger partial charge in [0.05, 0.1) is 6.54 Å². The fraction of sp³-hybridized carbons (Fsp3) is 0.500. The molecule has 0 amide bonds. The van der Waals surface area contributed by atoms with Crippen molar-refractivity contribution in [1.82, 2.24) is 4.57 Å². The molecule has 1 aromatic heterocycles. The Labute approximate surface area is 83.1 Å². The molecule has 0 aliphatic rings. The van der Waals surface area contributed by atoms with Gasteiger partial charge in [-0.05, 0) is 13.0 Å². The number of rotatable bonds is 4. The Balaban J connectivity index is 2.90. The molecule has 0 saturated carbocycles. The highest BCUT2D eigenvalue weighted by Crippen LogP contribution is 1.99. The van der Waals surface area contributed by atoms with Crippen LogP contribution in [-0.4, -0.2) is 25.1 Å². The molecular weight excluding hydrogens is 182 g/mol. The molecule has 0 atom stereocenters. The summed E-state index contributed by atoms with van der Waals surface area (Å²) in [7, 11) is 3.11. The lowest BCUT2D eigenvalue weighted by Crippen LogP contribution is -2.29. The van der Waals surface area contributed by atoms with Crippen LogP contribution < -0.4 is 5.56 Å². The van der Waals surface area contributed by atoms with Crippen LogP contribution in [0.2, 0.25) is 0 Å². The first kappa shape index (κ1) is 10.9. The van der Waals surface area contributed by atoms with E-state index in [4.69, 9.17) is 9.47 Å². The highest BCUT2D eigenvalue weighted by Gasteiger charge is 2.08. The second kappa shape index (κ2) is 4.93. The third-order valence-electron chi connectivity index (χ3n) is 2.13. The summed E-state index contributed by atoms with van der Waals surface area (Å²) in [6.45, 7) is 2.29. The molecule has 4 nitrogen and oxygen atoms in total. The highest BCUT2D eigenvalue weighted by molar-refractivity contribution is 5.04. The normalized spacial score (nSPS) is 10.9. The average Bonchev–Trinajstić information content (AvgIpc) is 2.18. The summed E-state index contributed by atoms with van der Waals surface area (Å²) in [4.78, 5) is 11.5. The van der Waals surface area contributed by atoms with E-state index in [0.717, 1.165) is 5.69 Å². The number of methoxy groups -OCH3 is 2. The zero-order valence-electron chi connectivity index (χ0n) is 8.69. The van der Waals surface area contributed by atoms with Crippen LogP contribution in [0.5, 0.6) is 0 Å². The summed E-state index contributed by atoms with van der Waals surface area (Å²) in [5.74, 6) is 0. The minimum Gasteiger partial charge on any atom is -0.354 e. The molecular formula is C10H15NO3. The van der Waals surface area contributed by atoms with E-state index in [0.29, 0.717) is 6.54 Å². The van der Waals surface area contributed by atoms with Crippen molar-refractivity contribution in [2.75, 3.05) is 14.2 Å². The average molecular weight is 197 g/mol. The largest absolute Gasteiger partial charge is 0.354 e. The molecule has 0 unspecified atom stereocenters. The van der Waals surface area contributed by atoms with Crippen LogP contribution in [0.25, 0.3) is 0 Å². The lowest BCUT2D eigenvalue weighted by Gasteiger charge is -2.16. The molecule has 14 heavy (non-hydrogen) atoms. The molecule has 0 bridgehead atoms. The number of hydrogen-bond donors (Lipinski definition) is 0. The van der Waals surface area contributed by atoms with Crippen LogP contribution in [0.15, 0.2) is 23.0 Å². The molecule has 0 saturated heterocycles. The van der Waals surface area contributed by atoms with Gasteiger partial charge in [0.1, 0.15) is 0 Å². The van der Waals surface area contributed by atoms with Crippen LogP contribution in [0.1, 0.15) is 5.69 Å². The van der Waals surface area contributed by atoms with Crippen LogP contribution in [0.4, 0.5) is 0 Å². The SMILES string of the molecule is COC(Cn1c(C)cccc1=O)OC. The third-order valence-corrected chi connectivity index (χ3v) is 2.13. The predicted octanol–water partition coefficient (Wildman–Crippen LogP) is 0.776. The maximum Gasteiger partial charge on any atom is 0.250 e. The van der Waals surface area contributed by atoms with E-state index < -0.39 is 0 Å². The van der Waals surface area contributed by atoms with Gasteiger partial charge < -0.3 is 14.0 Å². The van der Waals surface area contributed by atoms with E-state index in [1.807, 2.05) is 13.0 Å². The topological polar surface area (TPSA) is 40.5 Å². The highest BCUT2D eigenvalue weighted by atomic mass is 16.7. The molecule has 0 fully saturated rings. The minimum absolute atomic E-state index is 0.0379. The summed E-state index contributed by atoms with van der Waals surface area (Å²) < 4.78 is 11.7. The van der Waals surface area contributed by atoms with Crippen LogP contribution in [-0.2, 0) is 16.0 Å². The van der Waals surface area contributed by atoms with Crippen molar-refractivity contribution in [3.63, 3.8) is 0 Å². The predicted molar refractivity (Wildman–Crippen MR) is 53.2 cm³/mol. The van der Waals surface area contributed by atoms with Crippen molar-refractivity contribution < 1.29 is 9.47 Å². The van der Waals surface area contributed by atoms with Crippen LogP contribution >= 0.6 is 0 Å². The molecule has 0 N–H and O–H groups in total. The fourth-order valence-corrected chi connectivity index (χ4v) is 1.25. The van der Waals surface area contributed by atoms with Gasteiger partial charge in [-0.25, -0.2) is 0 Å². The van der Waals surface area contributed by atoms with E-state index >= 15 is 0 Å². The monoisotopic (exact) mass is 197 g/mol. The van der Waals surface area contributed by atoms with E-state index in [1.54, 1.807) is 24.9 Å². The Hall–Kier alpha value is -1.13. The van der Waals surface area contributed by atoms with Crippen molar-refractivity contribution in [1.29, 1.82) is 0 Å². The third kappa shape index (κ3) is 2.43. The van der Waals surface area contributed by atoms with Crippen molar-refractivity contribution in [3.8, 4) is 0 Å². The Kier molecular flexibility index (Phi) is 3.85. The first-order valence-corrected chi connectivity index (χ1v) is 4.41. The number of aromatic nitrogens is 1. The first-order valence-electron chi connectivity index (χ1n) is 4.41. The van der Waals surface area contributed by atoms with Gasteiger partial charge in [0.25, 0.3) is 5.56 Å². The van der Waals surface area contributed by atoms with Crippen LogP contribution in [0.3, 0.4) is 0 Å². The number of ether oxygens (including phenoxy) is 2. The molecule has 0 aliphatic carbocycles. The Bertz CT molecular complexity index is 341. The van der Waals surface area contributed by atoms with Gasteiger partial charge in [-0.3, -0.25) is 4.79 Å². The van der Waals surface area contributed by atoms with Crippen molar-refractivity contribution in [3.05, 3.63) is 34.2 Å². The fourth-order valence-electron chi connectivity index (χ4n) is 1.25. The van der Waals surface area contributed by atoms with Gasteiger partial charge >= 0.3 is 0 Å².